The fraction of sp³-hybridized carbons (Fsp3) is 0.421. The van der Waals surface area contributed by atoms with Crippen molar-refractivity contribution in [1.29, 1.82) is 0 Å². The fourth-order valence-electron chi connectivity index (χ4n) is 2.85. The predicted molar refractivity (Wildman–Crippen MR) is 100 cm³/mol. The number of rotatable bonds is 3. The number of morpholine rings is 1. The molecular formula is C19H21ClN2O6. The van der Waals surface area contributed by atoms with Crippen LogP contribution in [0.15, 0.2) is 28.9 Å². The summed E-state index contributed by atoms with van der Waals surface area (Å²) in [5, 5.41) is 9.42. The van der Waals surface area contributed by atoms with Crippen molar-refractivity contribution < 1.29 is 28.6 Å². The van der Waals surface area contributed by atoms with E-state index in [0.717, 1.165) is 6.26 Å². The van der Waals surface area contributed by atoms with Crippen LogP contribution in [0, 0.1) is 0 Å². The first-order chi connectivity index (χ1) is 13.1. The highest BCUT2D eigenvalue weighted by atomic mass is 35.5. The van der Waals surface area contributed by atoms with Crippen LogP contribution in [-0.2, 0) is 9.47 Å². The maximum absolute atomic E-state index is 12.6. The SMILES string of the molecule is CC(C)(C)OC(=O)N1CCOC[C@H]1c1cc(Cl)cc(-c2nc(C(=O)O)co2)c1. The average molecular weight is 409 g/mol. The summed E-state index contributed by atoms with van der Waals surface area (Å²) in [5.74, 6) is -1.06. The maximum atomic E-state index is 12.6. The van der Waals surface area contributed by atoms with Crippen LogP contribution in [0.5, 0.6) is 0 Å². The van der Waals surface area contributed by atoms with Crippen molar-refractivity contribution in [1.82, 2.24) is 9.88 Å². The number of hydrogen-bond donors (Lipinski definition) is 1. The van der Waals surface area contributed by atoms with Crippen LogP contribution in [0.1, 0.15) is 42.9 Å². The second-order valence-corrected chi connectivity index (χ2v) is 7.82. The molecule has 8 nitrogen and oxygen atoms in total. The highest BCUT2D eigenvalue weighted by Crippen LogP contribution is 2.32. The van der Waals surface area contributed by atoms with Gasteiger partial charge in [-0.25, -0.2) is 14.6 Å². The van der Waals surface area contributed by atoms with Gasteiger partial charge in [-0.2, -0.15) is 0 Å². The highest BCUT2D eigenvalue weighted by molar-refractivity contribution is 6.30. The molecule has 28 heavy (non-hydrogen) atoms. The first-order valence-electron chi connectivity index (χ1n) is 8.71. The van der Waals surface area contributed by atoms with E-state index in [-0.39, 0.29) is 18.2 Å². The molecule has 0 spiro atoms. The van der Waals surface area contributed by atoms with E-state index in [9.17, 15) is 9.59 Å². The summed E-state index contributed by atoms with van der Waals surface area (Å²) in [6, 6.07) is 4.68. The summed E-state index contributed by atoms with van der Waals surface area (Å²) in [4.78, 5) is 29.2. The third-order valence-corrected chi connectivity index (χ3v) is 4.25. The lowest BCUT2D eigenvalue weighted by Gasteiger charge is -2.37. The largest absolute Gasteiger partial charge is 0.476 e. The zero-order chi connectivity index (χ0) is 20.5. The Hall–Kier alpha value is -2.58. The van der Waals surface area contributed by atoms with Crippen molar-refractivity contribution in [3.8, 4) is 11.5 Å². The molecule has 150 valence electrons. The molecule has 2 aromatic rings. The number of ether oxygens (including phenoxy) is 2. The van der Waals surface area contributed by atoms with E-state index in [0.29, 0.717) is 29.3 Å². The van der Waals surface area contributed by atoms with Gasteiger partial charge in [-0.1, -0.05) is 11.6 Å². The normalized spacial score (nSPS) is 17.4. The quantitative estimate of drug-likeness (QED) is 0.818. The number of carbonyl (C=O) groups is 2. The van der Waals surface area contributed by atoms with Gasteiger partial charge in [0.05, 0.1) is 19.3 Å². The molecule has 3 rings (SSSR count). The van der Waals surface area contributed by atoms with E-state index in [2.05, 4.69) is 4.98 Å². The number of amides is 1. The molecular weight excluding hydrogens is 388 g/mol. The molecule has 1 aliphatic rings. The Morgan fingerprint density at radius 3 is 2.71 bits per heavy atom. The van der Waals surface area contributed by atoms with Crippen LogP contribution in [0.25, 0.3) is 11.5 Å². The van der Waals surface area contributed by atoms with Gasteiger partial charge in [0, 0.05) is 17.1 Å². The van der Waals surface area contributed by atoms with E-state index in [1.54, 1.807) is 43.9 Å². The van der Waals surface area contributed by atoms with Gasteiger partial charge in [-0.05, 0) is 44.5 Å². The van der Waals surface area contributed by atoms with E-state index in [4.69, 9.17) is 30.6 Å². The number of aromatic nitrogens is 1. The van der Waals surface area contributed by atoms with Gasteiger partial charge in [0.25, 0.3) is 0 Å². The van der Waals surface area contributed by atoms with Gasteiger partial charge in [0.1, 0.15) is 11.9 Å². The Morgan fingerprint density at radius 2 is 2.07 bits per heavy atom. The Balaban J connectivity index is 1.93. The monoisotopic (exact) mass is 408 g/mol. The molecule has 0 radical (unpaired) electrons. The first kappa shape index (κ1) is 20.2. The maximum Gasteiger partial charge on any atom is 0.410 e. The van der Waals surface area contributed by atoms with Crippen molar-refractivity contribution in [3.63, 3.8) is 0 Å². The van der Waals surface area contributed by atoms with Gasteiger partial charge in [-0.15, -0.1) is 0 Å². The standard InChI is InChI=1S/C19H21ClN2O6/c1-19(2,3)28-18(25)22-4-5-26-10-15(22)11-6-12(8-13(20)7-11)16-21-14(9-27-16)17(23)24/h6-9,15H,4-5,10H2,1-3H3,(H,23,24)/t15-/m0/s1. The molecule has 0 aliphatic carbocycles. The number of carbonyl (C=O) groups excluding carboxylic acids is 1. The zero-order valence-corrected chi connectivity index (χ0v) is 16.5. The highest BCUT2D eigenvalue weighted by Gasteiger charge is 2.32. The lowest BCUT2D eigenvalue weighted by atomic mass is 10.0. The molecule has 1 aromatic carbocycles. The number of nitrogens with zero attached hydrogens (tertiary/aromatic N) is 2. The Morgan fingerprint density at radius 1 is 1.32 bits per heavy atom. The number of oxazole rings is 1. The van der Waals surface area contributed by atoms with E-state index in [1.165, 1.54) is 0 Å². The number of aromatic carboxylic acids is 1. The van der Waals surface area contributed by atoms with E-state index in [1.807, 2.05) is 0 Å². The van der Waals surface area contributed by atoms with Crippen molar-refractivity contribution in [2.24, 2.45) is 0 Å². The average Bonchev–Trinajstić information content (AvgIpc) is 3.10. The third kappa shape index (κ3) is 4.63. The number of carboxylic acid groups (broad SMARTS) is 1. The van der Waals surface area contributed by atoms with Crippen molar-refractivity contribution in [2.75, 3.05) is 19.8 Å². The van der Waals surface area contributed by atoms with Crippen molar-refractivity contribution >= 4 is 23.7 Å². The van der Waals surface area contributed by atoms with Crippen molar-refractivity contribution in [3.05, 3.63) is 40.7 Å². The number of hydrogen-bond acceptors (Lipinski definition) is 6. The van der Waals surface area contributed by atoms with Crippen LogP contribution < -0.4 is 0 Å². The molecule has 0 saturated carbocycles. The smallest absolute Gasteiger partial charge is 0.410 e. The van der Waals surface area contributed by atoms with Gasteiger partial charge in [0.2, 0.25) is 5.89 Å². The molecule has 1 fully saturated rings. The van der Waals surface area contributed by atoms with Crippen molar-refractivity contribution in [2.45, 2.75) is 32.4 Å². The second-order valence-electron chi connectivity index (χ2n) is 7.38. The topological polar surface area (TPSA) is 102 Å². The number of carboxylic acids is 1. The summed E-state index contributed by atoms with van der Waals surface area (Å²) in [5.41, 5.74) is 0.394. The molecule has 1 amide bonds. The van der Waals surface area contributed by atoms with Crippen LogP contribution in [0.3, 0.4) is 0 Å². The zero-order valence-electron chi connectivity index (χ0n) is 15.8. The Bertz CT molecular complexity index is 889. The molecule has 2 heterocycles. The molecule has 9 heteroatoms. The minimum atomic E-state index is -1.19. The van der Waals surface area contributed by atoms with E-state index >= 15 is 0 Å². The van der Waals surface area contributed by atoms with Crippen LogP contribution in [-0.4, -0.2) is 52.4 Å². The Labute approximate surface area is 167 Å². The molecule has 1 aliphatic heterocycles. The van der Waals surface area contributed by atoms with Gasteiger partial charge >= 0.3 is 12.1 Å². The molecule has 0 unspecified atom stereocenters. The van der Waals surface area contributed by atoms with Gasteiger partial charge in [-0.3, -0.25) is 4.90 Å². The summed E-state index contributed by atoms with van der Waals surface area (Å²) >= 11 is 6.26. The molecule has 1 saturated heterocycles. The lowest BCUT2D eigenvalue weighted by molar-refractivity contribution is -0.0331. The minimum absolute atomic E-state index is 0.127. The van der Waals surface area contributed by atoms with E-state index < -0.39 is 23.7 Å². The van der Waals surface area contributed by atoms with Gasteiger partial charge < -0.3 is 19.0 Å². The van der Waals surface area contributed by atoms with Gasteiger partial charge in [0.15, 0.2) is 5.69 Å². The Kier molecular flexibility index (Phi) is 5.62. The second kappa shape index (κ2) is 7.81. The summed E-state index contributed by atoms with van der Waals surface area (Å²) in [6.07, 6.45) is 0.626. The number of halogens is 1. The third-order valence-electron chi connectivity index (χ3n) is 4.03. The summed E-state index contributed by atoms with van der Waals surface area (Å²) in [7, 11) is 0. The number of benzene rings is 1. The first-order valence-corrected chi connectivity index (χ1v) is 9.09. The summed E-state index contributed by atoms with van der Waals surface area (Å²) in [6.45, 7) is 6.49. The lowest BCUT2D eigenvalue weighted by Crippen LogP contribution is -2.45. The molecule has 1 N–H and O–H groups in total. The molecule has 1 aromatic heterocycles. The fourth-order valence-corrected chi connectivity index (χ4v) is 3.10. The predicted octanol–water partition coefficient (Wildman–Crippen LogP) is 4.00. The summed E-state index contributed by atoms with van der Waals surface area (Å²) < 4.78 is 16.3. The molecule has 1 atom stereocenters. The van der Waals surface area contributed by atoms with Crippen LogP contribution >= 0.6 is 11.6 Å². The molecule has 0 bridgehead atoms. The van der Waals surface area contributed by atoms with Crippen LogP contribution in [0.2, 0.25) is 5.02 Å². The van der Waals surface area contributed by atoms with Crippen LogP contribution in [0.4, 0.5) is 4.79 Å². The minimum Gasteiger partial charge on any atom is -0.476 e.